The molecule has 3 rings (SSSR count). The summed E-state index contributed by atoms with van der Waals surface area (Å²) in [5.74, 6) is 1.30. The van der Waals surface area contributed by atoms with E-state index in [1.807, 2.05) is 42.5 Å². The number of aryl methyl sites for hydroxylation is 1. The van der Waals surface area contributed by atoms with Crippen LogP contribution in [0.15, 0.2) is 78.9 Å². The fourth-order valence-electron chi connectivity index (χ4n) is 2.72. The Hall–Kier alpha value is -3.27. The molecule has 0 spiro atoms. The van der Waals surface area contributed by atoms with Gasteiger partial charge in [-0.2, -0.15) is 0 Å². The van der Waals surface area contributed by atoms with Gasteiger partial charge in [0.1, 0.15) is 11.5 Å². The van der Waals surface area contributed by atoms with Gasteiger partial charge < -0.3 is 14.8 Å². The van der Waals surface area contributed by atoms with E-state index in [1.165, 1.54) is 5.56 Å². The molecule has 0 heterocycles. The van der Waals surface area contributed by atoms with Gasteiger partial charge >= 0.3 is 0 Å². The van der Waals surface area contributed by atoms with Crippen LogP contribution >= 0.6 is 0 Å². The van der Waals surface area contributed by atoms with Gasteiger partial charge in [0.2, 0.25) is 0 Å². The zero-order chi connectivity index (χ0) is 18.9. The SMILES string of the molecule is COc1ccc(C(=O)Nc2cccc(OCCCc3ccccc3)c2)cc1. The molecule has 27 heavy (non-hydrogen) atoms. The van der Waals surface area contributed by atoms with E-state index >= 15 is 0 Å². The molecule has 0 aliphatic rings. The van der Waals surface area contributed by atoms with Crippen LogP contribution in [0.3, 0.4) is 0 Å². The molecule has 0 unspecified atom stereocenters. The summed E-state index contributed by atoms with van der Waals surface area (Å²) in [5.41, 5.74) is 2.59. The summed E-state index contributed by atoms with van der Waals surface area (Å²) in [6.45, 7) is 0.630. The van der Waals surface area contributed by atoms with Crippen molar-refractivity contribution in [3.05, 3.63) is 90.0 Å². The fourth-order valence-corrected chi connectivity index (χ4v) is 2.72. The standard InChI is InChI=1S/C23H23NO3/c1-26-21-14-12-19(13-15-21)23(25)24-20-10-5-11-22(17-20)27-16-6-9-18-7-3-2-4-8-18/h2-5,7-8,10-15,17H,6,9,16H2,1H3,(H,24,25). The third-order valence-corrected chi connectivity index (χ3v) is 4.17. The number of rotatable bonds is 8. The van der Waals surface area contributed by atoms with Gasteiger partial charge in [0, 0.05) is 17.3 Å². The summed E-state index contributed by atoms with van der Waals surface area (Å²) in [6, 6.07) is 24.8. The van der Waals surface area contributed by atoms with Crippen molar-refractivity contribution in [1.29, 1.82) is 0 Å². The molecule has 3 aromatic rings. The van der Waals surface area contributed by atoms with E-state index in [2.05, 4.69) is 17.4 Å². The highest BCUT2D eigenvalue weighted by Gasteiger charge is 2.07. The lowest BCUT2D eigenvalue weighted by Gasteiger charge is -2.10. The average molecular weight is 361 g/mol. The maximum Gasteiger partial charge on any atom is 0.255 e. The number of carbonyl (C=O) groups excluding carboxylic acids is 1. The minimum absolute atomic E-state index is 0.168. The monoisotopic (exact) mass is 361 g/mol. The molecule has 0 bridgehead atoms. The summed E-state index contributed by atoms with van der Waals surface area (Å²) in [4.78, 5) is 12.3. The second kappa shape index (κ2) is 9.43. The smallest absolute Gasteiger partial charge is 0.255 e. The predicted molar refractivity (Wildman–Crippen MR) is 108 cm³/mol. The molecule has 3 aromatic carbocycles. The quantitative estimate of drug-likeness (QED) is 0.577. The van der Waals surface area contributed by atoms with E-state index in [9.17, 15) is 4.79 Å². The molecule has 1 amide bonds. The Morgan fingerprint density at radius 1 is 0.889 bits per heavy atom. The molecular weight excluding hydrogens is 338 g/mol. The van der Waals surface area contributed by atoms with Crippen LogP contribution < -0.4 is 14.8 Å². The van der Waals surface area contributed by atoms with Crippen LogP contribution in [0.4, 0.5) is 5.69 Å². The van der Waals surface area contributed by atoms with E-state index < -0.39 is 0 Å². The molecule has 0 fully saturated rings. The van der Waals surface area contributed by atoms with Crippen LogP contribution in [0.1, 0.15) is 22.3 Å². The topological polar surface area (TPSA) is 47.6 Å². The molecule has 0 aliphatic carbocycles. The number of amides is 1. The first-order valence-corrected chi connectivity index (χ1v) is 8.97. The van der Waals surface area contributed by atoms with Crippen molar-refractivity contribution >= 4 is 11.6 Å². The minimum atomic E-state index is -0.168. The van der Waals surface area contributed by atoms with Gasteiger partial charge in [-0.25, -0.2) is 0 Å². The molecule has 0 saturated heterocycles. The number of anilines is 1. The number of methoxy groups -OCH3 is 1. The van der Waals surface area contributed by atoms with Crippen molar-refractivity contribution in [2.45, 2.75) is 12.8 Å². The lowest BCUT2D eigenvalue weighted by molar-refractivity contribution is 0.102. The molecule has 0 radical (unpaired) electrons. The molecule has 0 aromatic heterocycles. The summed E-state index contributed by atoms with van der Waals surface area (Å²) >= 11 is 0. The second-order valence-electron chi connectivity index (χ2n) is 6.15. The number of hydrogen-bond acceptors (Lipinski definition) is 3. The van der Waals surface area contributed by atoms with Crippen LogP contribution in [-0.4, -0.2) is 19.6 Å². The number of ether oxygens (including phenoxy) is 2. The third-order valence-electron chi connectivity index (χ3n) is 4.17. The Labute approximate surface area is 159 Å². The Bertz CT molecular complexity index is 860. The van der Waals surface area contributed by atoms with E-state index in [4.69, 9.17) is 9.47 Å². The molecule has 0 atom stereocenters. The number of carbonyl (C=O) groups is 1. The third kappa shape index (κ3) is 5.61. The highest BCUT2D eigenvalue weighted by atomic mass is 16.5. The van der Waals surface area contributed by atoms with Gasteiger partial charge in [-0.3, -0.25) is 4.79 Å². The normalized spacial score (nSPS) is 10.3. The minimum Gasteiger partial charge on any atom is -0.497 e. The summed E-state index contributed by atoms with van der Waals surface area (Å²) < 4.78 is 10.9. The lowest BCUT2D eigenvalue weighted by Crippen LogP contribution is -2.11. The highest BCUT2D eigenvalue weighted by Crippen LogP contribution is 2.19. The first-order valence-electron chi connectivity index (χ1n) is 8.97. The Morgan fingerprint density at radius 2 is 1.67 bits per heavy atom. The Balaban J connectivity index is 1.51. The van der Waals surface area contributed by atoms with Gasteiger partial charge in [-0.1, -0.05) is 36.4 Å². The number of benzene rings is 3. The first-order chi connectivity index (χ1) is 13.2. The molecule has 1 N–H and O–H groups in total. The lowest BCUT2D eigenvalue weighted by atomic mass is 10.1. The van der Waals surface area contributed by atoms with Crippen molar-refractivity contribution < 1.29 is 14.3 Å². The van der Waals surface area contributed by atoms with Gasteiger partial charge in [-0.05, 0) is 54.8 Å². The van der Waals surface area contributed by atoms with Crippen LogP contribution in [0, 0.1) is 0 Å². The van der Waals surface area contributed by atoms with Crippen LogP contribution in [0.2, 0.25) is 0 Å². The zero-order valence-electron chi connectivity index (χ0n) is 15.4. The summed E-state index contributed by atoms with van der Waals surface area (Å²) in [7, 11) is 1.60. The first kappa shape index (κ1) is 18.5. The van der Waals surface area contributed by atoms with Crippen molar-refractivity contribution in [3.8, 4) is 11.5 Å². The van der Waals surface area contributed by atoms with E-state index in [-0.39, 0.29) is 5.91 Å². The molecule has 4 nitrogen and oxygen atoms in total. The molecule has 138 valence electrons. The fraction of sp³-hybridized carbons (Fsp3) is 0.174. The van der Waals surface area contributed by atoms with Gasteiger partial charge in [-0.15, -0.1) is 0 Å². The van der Waals surface area contributed by atoms with E-state index in [0.717, 1.165) is 24.3 Å². The average Bonchev–Trinajstić information content (AvgIpc) is 2.72. The van der Waals surface area contributed by atoms with Crippen LogP contribution in [-0.2, 0) is 6.42 Å². The zero-order valence-corrected chi connectivity index (χ0v) is 15.4. The summed E-state index contributed by atoms with van der Waals surface area (Å²) in [5, 5.41) is 2.89. The summed E-state index contributed by atoms with van der Waals surface area (Å²) in [6.07, 6.45) is 1.92. The molecular formula is C23H23NO3. The second-order valence-corrected chi connectivity index (χ2v) is 6.15. The van der Waals surface area contributed by atoms with Gasteiger partial charge in [0.05, 0.1) is 13.7 Å². The molecule has 0 saturated carbocycles. The predicted octanol–water partition coefficient (Wildman–Crippen LogP) is 4.96. The van der Waals surface area contributed by atoms with Crippen molar-refractivity contribution in [1.82, 2.24) is 0 Å². The van der Waals surface area contributed by atoms with Crippen molar-refractivity contribution in [2.24, 2.45) is 0 Å². The highest BCUT2D eigenvalue weighted by molar-refractivity contribution is 6.04. The maximum absolute atomic E-state index is 12.3. The maximum atomic E-state index is 12.3. The van der Waals surface area contributed by atoms with Crippen LogP contribution in [0.25, 0.3) is 0 Å². The molecule has 0 aliphatic heterocycles. The van der Waals surface area contributed by atoms with E-state index in [0.29, 0.717) is 17.9 Å². The largest absolute Gasteiger partial charge is 0.497 e. The molecule has 4 heteroatoms. The number of hydrogen-bond donors (Lipinski definition) is 1. The Kier molecular flexibility index (Phi) is 6.47. The van der Waals surface area contributed by atoms with Gasteiger partial charge in [0.25, 0.3) is 5.91 Å². The van der Waals surface area contributed by atoms with E-state index in [1.54, 1.807) is 31.4 Å². The Morgan fingerprint density at radius 3 is 2.41 bits per heavy atom. The van der Waals surface area contributed by atoms with Crippen LogP contribution in [0.5, 0.6) is 11.5 Å². The number of nitrogens with one attached hydrogen (secondary N) is 1. The van der Waals surface area contributed by atoms with Crippen molar-refractivity contribution in [3.63, 3.8) is 0 Å². The van der Waals surface area contributed by atoms with Gasteiger partial charge in [0.15, 0.2) is 0 Å². The van der Waals surface area contributed by atoms with Crippen molar-refractivity contribution in [2.75, 3.05) is 19.0 Å².